The predicted octanol–water partition coefficient (Wildman–Crippen LogP) is 2.80. The van der Waals surface area contributed by atoms with Gasteiger partial charge in [0.05, 0.1) is 5.41 Å². The third kappa shape index (κ3) is 4.63. The van der Waals surface area contributed by atoms with E-state index in [0.717, 1.165) is 23.2 Å². The average Bonchev–Trinajstić information content (AvgIpc) is 2.72. The quantitative estimate of drug-likeness (QED) is 0.601. The maximum Gasteiger partial charge on any atom is 0.310 e. The highest BCUT2D eigenvalue weighted by atomic mass is 16.4. The lowest BCUT2D eigenvalue weighted by Crippen LogP contribution is -2.39. The van der Waals surface area contributed by atoms with Gasteiger partial charge in [-0.2, -0.15) is 0 Å². The number of carbonyl (C=O) groups excluding carboxylic acids is 1. The van der Waals surface area contributed by atoms with E-state index in [-0.39, 0.29) is 18.0 Å². The van der Waals surface area contributed by atoms with Gasteiger partial charge in [0.15, 0.2) is 5.69 Å². The zero-order valence-corrected chi connectivity index (χ0v) is 16.3. The largest absolute Gasteiger partial charge is 0.505 e. The SMILES string of the molecule is CC(C)(CNC(=O)c1ncc(-c2cccc(C3=CC=CNC3)c2)cc1O)C(=O)O. The highest BCUT2D eigenvalue weighted by Gasteiger charge is 2.28. The van der Waals surface area contributed by atoms with E-state index in [1.807, 2.05) is 42.6 Å². The first-order valence-corrected chi connectivity index (χ1v) is 9.18. The van der Waals surface area contributed by atoms with Crippen molar-refractivity contribution >= 4 is 17.4 Å². The molecule has 0 fully saturated rings. The molecule has 0 unspecified atom stereocenters. The summed E-state index contributed by atoms with van der Waals surface area (Å²) in [6.07, 6.45) is 7.38. The molecular formula is C22H23N3O4. The number of nitrogens with one attached hydrogen (secondary N) is 2. The number of carboxylic acid groups (broad SMARTS) is 1. The number of aromatic nitrogens is 1. The van der Waals surface area contributed by atoms with Crippen LogP contribution in [0.4, 0.5) is 0 Å². The van der Waals surface area contributed by atoms with Gasteiger partial charge in [0.2, 0.25) is 0 Å². The molecule has 1 aliphatic rings. The molecule has 0 saturated carbocycles. The Morgan fingerprint density at radius 2 is 1.97 bits per heavy atom. The van der Waals surface area contributed by atoms with Crippen LogP contribution in [0.3, 0.4) is 0 Å². The first-order valence-electron chi connectivity index (χ1n) is 9.18. The molecule has 0 bridgehead atoms. The van der Waals surface area contributed by atoms with Crippen molar-refractivity contribution in [1.82, 2.24) is 15.6 Å². The maximum atomic E-state index is 12.3. The minimum Gasteiger partial charge on any atom is -0.505 e. The van der Waals surface area contributed by atoms with Crippen LogP contribution in [-0.2, 0) is 4.79 Å². The number of nitrogens with zero attached hydrogens (tertiary/aromatic N) is 1. The number of allylic oxidation sites excluding steroid dienone is 2. The van der Waals surface area contributed by atoms with Crippen molar-refractivity contribution < 1.29 is 19.8 Å². The molecule has 3 rings (SSSR count). The molecule has 0 atom stereocenters. The van der Waals surface area contributed by atoms with Gasteiger partial charge >= 0.3 is 5.97 Å². The van der Waals surface area contributed by atoms with E-state index in [1.165, 1.54) is 26.1 Å². The van der Waals surface area contributed by atoms with Crippen molar-refractivity contribution in [2.75, 3.05) is 13.1 Å². The van der Waals surface area contributed by atoms with Gasteiger partial charge < -0.3 is 20.8 Å². The lowest BCUT2D eigenvalue weighted by atomic mass is 9.94. The van der Waals surface area contributed by atoms with Crippen LogP contribution in [0.15, 0.2) is 54.9 Å². The van der Waals surface area contributed by atoms with E-state index in [0.29, 0.717) is 5.56 Å². The summed E-state index contributed by atoms with van der Waals surface area (Å²) in [4.78, 5) is 27.5. The van der Waals surface area contributed by atoms with Gasteiger partial charge in [-0.05, 0) is 55.0 Å². The minimum absolute atomic E-state index is 0.0797. The van der Waals surface area contributed by atoms with Crippen LogP contribution in [0.1, 0.15) is 29.9 Å². The fourth-order valence-corrected chi connectivity index (χ4v) is 2.80. The Hall–Kier alpha value is -3.61. The second-order valence-corrected chi connectivity index (χ2v) is 7.48. The van der Waals surface area contributed by atoms with Crippen LogP contribution < -0.4 is 10.6 Å². The second kappa shape index (κ2) is 8.18. The van der Waals surface area contributed by atoms with Gasteiger partial charge in [-0.3, -0.25) is 9.59 Å². The smallest absolute Gasteiger partial charge is 0.310 e. The number of benzene rings is 1. The Bertz CT molecular complexity index is 1010. The summed E-state index contributed by atoms with van der Waals surface area (Å²) in [5.74, 6) is -1.91. The number of carboxylic acids is 1. The van der Waals surface area contributed by atoms with E-state index in [4.69, 9.17) is 5.11 Å². The number of dihydropyridines is 1. The lowest BCUT2D eigenvalue weighted by Gasteiger charge is -2.19. The van der Waals surface area contributed by atoms with E-state index < -0.39 is 17.3 Å². The summed E-state index contributed by atoms with van der Waals surface area (Å²) < 4.78 is 0. The molecule has 7 heteroatoms. The van der Waals surface area contributed by atoms with E-state index in [9.17, 15) is 14.7 Å². The van der Waals surface area contributed by atoms with Crippen LogP contribution in [0.5, 0.6) is 5.75 Å². The summed E-state index contributed by atoms with van der Waals surface area (Å²) in [6.45, 7) is 3.66. The first kappa shape index (κ1) is 20.1. The number of hydrogen-bond donors (Lipinski definition) is 4. The normalized spacial score (nSPS) is 13.4. The monoisotopic (exact) mass is 393 g/mol. The van der Waals surface area contributed by atoms with E-state index in [1.54, 1.807) is 0 Å². The maximum absolute atomic E-state index is 12.3. The minimum atomic E-state index is -1.12. The summed E-state index contributed by atoms with van der Waals surface area (Å²) in [5.41, 5.74) is 2.46. The van der Waals surface area contributed by atoms with Crippen molar-refractivity contribution in [2.45, 2.75) is 13.8 Å². The highest BCUT2D eigenvalue weighted by molar-refractivity contribution is 5.95. The molecule has 150 valence electrons. The van der Waals surface area contributed by atoms with Crippen molar-refractivity contribution in [3.63, 3.8) is 0 Å². The molecule has 29 heavy (non-hydrogen) atoms. The number of aromatic hydroxyl groups is 1. The second-order valence-electron chi connectivity index (χ2n) is 7.48. The standard InChI is InChI=1S/C22H23N3O4/c1-22(2,21(28)29)13-25-20(27)19-18(26)10-17(12-24-19)15-6-3-5-14(9-15)16-7-4-8-23-11-16/h3-10,12,23,26H,11,13H2,1-2H3,(H,25,27)(H,28,29). The Morgan fingerprint density at radius 3 is 2.62 bits per heavy atom. The Kier molecular flexibility index (Phi) is 5.68. The molecule has 0 radical (unpaired) electrons. The van der Waals surface area contributed by atoms with Crippen molar-refractivity contribution in [1.29, 1.82) is 0 Å². The summed E-state index contributed by atoms with van der Waals surface area (Å²) >= 11 is 0. The summed E-state index contributed by atoms with van der Waals surface area (Å²) in [7, 11) is 0. The number of rotatable bonds is 6. The average molecular weight is 393 g/mol. The third-order valence-corrected chi connectivity index (χ3v) is 4.72. The van der Waals surface area contributed by atoms with Gasteiger partial charge in [0, 0.05) is 24.8 Å². The lowest BCUT2D eigenvalue weighted by molar-refractivity contribution is -0.146. The van der Waals surface area contributed by atoms with Crippen LogP contribution in [0.25, 0.3) is 16.7 Å². The molecule has 2 aromatic rings. The van der Waals surface area contributed by atoms with Crippen molar-refractivity contribution in [3.05, 3.63) is 66.1 Å². The number of carbonyl (C=O) groups is 2. The van der Waals surface area contributed by atoms with Crippen LogP contribution in [0.2, 0.25) is 0 Å². The first-order chi connectivity index (χ1) is 13.8. The molecule has 1 amide bonds. The predicted molar refractivity (Wildman–Crippen MR) is 110 cm³/mol. The molecule has 1 aliphatic heterocycles. The fraction of sp³-hybridized carbons (Fsp3) is 0.227. The molecule has 0 aliphatic carbocycles. The fourth-order valence-electron chi connectivity index (χ4n) is 2.80. The van der Waals surface area contributed by atoms with E-state index in [2.05, 4.69) is 15.6 Å². The molecule has 0 spiro atoms. The molecule has 4 N–H and O–H groups in total. The Labute approximate surface area is 168 Å². The number of aliphatic carboxylic acids is 1. The van der Waals surface area contributed by atoms with Crippen LogP contribution in [0, 0.1) is 5.41 Å². The van der Waals surface area contributed by atoms with Crippen molar-refractivity contribution in [2.24, 2.45) is 5.41 Å². The van der Waals surface area contributed by atoms with Crippen LogP contribution >= 0.6 is 0 Å². The number of amides is 1. The molecular weight excluding hydrogens is 370 g/mol. The van der Waals surface area contributed by atoms with Gasteiger partial charge in [0.1, 0.15) is 5.75 Å². The van der Waals surface area contributed by atoms with Gasteiger partial charge in [-0.25, -0.2) is 4.98 Å². The molecule has 7 nitrogen and oxygen atoms in total. The Morgan fingerprint density at radius 1 is 1.21 bits per heavy atom. The van der Waals surface area contributed by atoms with Gasteiger partial charge in [0.25, 0.3) is 5.91 Å². The number of pyridine rings is 1. The molecule has 1 aromatic carbocycles. The highest BCUT2D eigenvalue weighted by Crippen LogP contribution is 2.27. The van der Waals surface area contributed by atoms with E-state index >= 15 is 0 Å². The summed E-state index contributed by atoms with van der Waals surface area (Å²) in [5, 5.41) is 25.1. The van der Waals surface area contributed by atoms with Gasteiger partial charge in [-0.1, -0.05) is 24.3 Å². The molecule has 0 saturated heterocycles. The number of hydrogen-bond acceptors (Lipinski definition) is 5. The van der Waals surface area contributed by atoms with Gasteiger partial charge in [-0.15, -0.1) is 0 Å². The zero-order chi connectivity index (χ0) is 21.0. The summed E-state index contributed by atoms with van der Waals surface area (Å²) in [6, 6.07) is 9.32. The van der Waals surface area contributed by atoms with Crippen molar-refractivity contribution in [3.8, 4) is 16.9 Å². The molecule has 1 aromatic heterocycles. The van der Waals surface area contributed by atoms with Crippen LogP contribution in [-0.4, -0.2) is 40.2 Å². The topological polar surface area (TPSA) is 112 Å². The zero-order valence-electron chi connectivity index (χ0n) is 16.3. The Balaban J connectivity index is 1.79. The molecule has 2 heterocycles. The third-order valence-electron chi connectivity index (χ3n) is 4.72.